The van der Waals surface area contributed by atoms with Crippen LogP contribution in [0.15, 0.2) is 42.0 Å². The minimum Gasteiger partial charge on any atom is -0.502 e. The Labute approximate surface area is 163 Å². The predicted molar refractivity (Wildman–Crippen MR) is 101 cm³/mol. The fourth-order valence-electron chi connectivity index (χ4n) is 2.28. The molecule has 11 heteroatoms. The minimum atomic E-state index is -1.01. The maximum absolute atomic E-state index is 12.3. The Hall–Kier alpha value is -4.46. The molecule has 0 aliphatic carbocycles. The van der Waals surface area contributed by atoms with E-state index in [2.05, 4.69) is 5.32 Å². The van der Waals surface area contributed by atoms with Crippen molar-refractivity contribution in [2.45, 2.75) is 6.92 Å². The number of carbonyl (C=O) groups is 1. The number of nitrogens with zero attached hydrogens (tertiary/aromatic N) is 3. The Morgan fingerprint density at radius 1 is 1.24 bits per heavy atom. The van der Waals surface area contributed by atoms with Gasteiger partial charge in [-0.25, -0.2) is 0 Å². The topological polar surface area (TPSA) is 169 Å². The number of nitriles is 1. The summed E-state index contributed by atoms with van der Waals surface area (Å²) >= 11 is 0. The number of nitro benzene ring substituents is 2. The van der Waals surface area contributed by atoms with Gasteiger partial charge in [-0.1, -0.05) is 0 Å². The SMILES string of the molecule is CCOc1ccc(NC(=O)/C(C#N)=C\c2cc([N+](=O)[O-])cc([N+](=O)[O-])c2O)cc1. The number of carbonyl (C=O) groups excluding carboxylic acids is 1. The Morgan fingerprint density at radius 3 is 2.41 bits per heavy atom. The standard InChI is InChI=1S/C18H14N4O7/c1-2-29-15-5-3-13(4-6-15)20-18(24)12(10-19)7-11-8-14(21(25)26)9-16(17(11)23)22(27)28/h3-9,23H,2H2,1H3,(H,20,24)/b12-7-. The number of nitro groups is 2. The van der Waals surface area contributed by atoms with Crippen LogP contribution in [0.4, 0.5) is 17.1 Å². The highest BCUT2D eigenvalue weighted by Gasteiger charge is 2.24. The summed E-state index contributed by atoms with van der Waals surface area (Å²) in [4.78, 5) is 32.4. The van der Waals surface area contributed by atoms with E-state index in [0.29, 0.717) is 24.1 Å². The lowest BCUT2D eigenvalue weighted by molar-refractivity contribution is -0.394. The number of benzene rings is 2. The molecule has 0 heterocycles. The monoisotopic (exact) mass is 398 g/mol. The van der Waals surface area contributed by atoms with Crippen LogP contribution in [0, 0.1) is 31.6 Å². The zero-order chi connectivity index (χ0) is 21.6. The number of aromatic hydroxyl groups is 1. The van der Waals surface area contributed by atoms with Crippen LogP contribution in [0.2, 0.25) is 0 Å². The largest absolute Gasteiger partial charge is 0.502 e. The molecule has 0 saturated carbocycles. The molecule has 2 aromatic rings. The van der Waals surface area contributed by atoms with E-state index in [0.717, 1.165) is 12.1 Å². The number of non-ortho nitro benzene ring substituents is 1. The van der Waals surface area contributed by atoms with Gasteiger partial charge >= 0.3 is 5.69 Å². The van der Waals surface area contributed by atoms with Gasteiger partial charge in [0.05, 0.1) is 22.5 Å². The van der Waals surface area contributed by atoms with Crippen molar-refractivity contribution < 1.29 is 24.5 Å². The number of rotatable bonds is 7. The van der Waals surface area contributed by atoms with Crippen LogP contribution in [0.1, 0.15) is 12.5 Å². The molecular formula is C18H14N4O7. The second-order valence-corrected chi connectivity index (χ2v) is 5.50. The van der Waals surface area contributed by atoms with Crippen molar-refractivity contribution in [2.75, 3.05) is 11.9 Å². The van der Waals surface area contributed by atoms with Gasteiger partial charge in [0.15, 0.2) is 0 Å². The van der Waals surface area contributed by atoms with E-state index in [1.165, 1.54) is 12.1 Å². The van der Waals surface area contributed by atoms with Crippen molar-refractivity contribution in [3.05, 3.63) is 67.8 Å². The molecule has 0 spiro atoms. The molecule has 0 aliphatic heterocycles. The van der Waals surface area contributed by atoms with Crippen LogP contribution in [0.25, 0.3) is 6.08 Å². The van der Waals surface area contributed by atoms with Gasteiger partial charge in [-0.2, -0.15) is 5.26 Å². The van der Waals surface area contributed by atoms with Crippen LogP contribution in [0.5, 0.6) is 11.5 Å². The maximum atomic E-state index is 12.3. The lowest BCUT2D eigenvalue weighted by atomic mass is 10.1. The number of hydrogen-bond acceptors (Lipinski definition) is 8. The van der Waals surface area contributed by atoms with Gasteiger partial charge in [0.1, 0.15) is 17.4 Å². The zero-order valence-corrected chi connectivity index (χ0v) is 15.0. The lowest BCUT2D eigenvalue weighted by Gasteiger charge is -2.07. The number of anilines is 1. The molecule has 2 aromatic carbocycles. The summed E-state index contributed by atoms with van der Waals surface area (Å²) in [5, 5.41) is 43.7. The molecule has 0 aromatic heterocycles. The van der Waals surface area contributed by atoms with Crippen molar-refractivity contribution >= 4 is 29.0 Å². The van der Waals surface area contributed by atoms with E-state index < -0.39 is 44.0 Å². The van der Waals surface area contributed by atoms with E-state index >= 15 is 0 Å². The molecule has 0 bridgehead atoms. The Bertz CT molecular complexity index is 1040. The molecule has 0 atom stereocenters. The van der Waals surface area contributed by atoms with Crippen molar-refractivity contribution in [2.24, 2.45) is 0 Å². The molecule has 148 valence electrons. The number of phenols is 1. The summed E-state index contributed by atoms with van der Waals surface area (Å²) in [6, 6.07) is 9.28. The maximum Gasteiger partial charge on any atom is 0.318 e. The third kappa shape index (κ3) is 5.04. The van der Waals surface area contributed by atoms with E-state index in [1.807, 2.05) is 6.92 Å². The molecule has 0 radical (unpaired) electrons. The van der Waals surface area contributed by atoms with E-state index in [9.17, 15) is 35.4 Å². The fraction of sp³-hybridized carbons (Fsp3) is 0.111. The molecule has 0 saturated heterocycles. The van der Waals surface area contributed by atoms with Crippen molar-refractivity contribution in [1.29, 1.82) is 5.26 Å². The summed E-state index contributed by atoms with van der Waals surface area (Å²) in [6.45, 7) is 2.28. The molecule has 1 amide bonds. The van der Waals surface area contributed by atoms with E-state index in [1.54, 1.807) is 18.2 Å². The summed E-state index contributed by atoms with van der Waals surface area (Å²) in [5.41, 5.74) is -2.19. The smallest absolute Gasteiger partial charge is 0.318 e. The van der Waals surface area contributed by atoms with Gasteiger partial charge in [-0.15, -0.1) is 0 Å². The number of phenolic OH excluding ortho intramolecular Hbond substituents is 1. The molecule has 0 unspecified atom stereocenters. The Kier molecular flexibility index (Phi) is 6.44. The summed E-state index contributed by atoms with van der Waals surface area (Å²) < 4.78 is 5.27. The summed E-state index contributed by atoms with van der Waals surface area (Å²) in [7, 11) is 0. The highest BCUT2D eigenvalue weighted by Crippen LogP contribution is 2.35. The zero-order valence-electron chi connectivity index (χ0n) is 15.0. The summed E-state index contributed by atoms with van der Waals surface area (Å²) in [5.74, 6) is -1.19. The van der Waals surface area contributed by atoms with E-state index in [4.69, 9.17) is 4.74 Å². The van der Waals surface area contributed by atoms with Crippen LogP contribution in [0.3, 0.4) is 0 Å². The van der Waals surface area contributed by atoms with Crippen molar-refractivity contribution in [3.63, 3.8) is 0 Å². The fourth-order valence-corrected chi connectivity index (χ4v) is 2.28. The average molecular weight is 398 g/mol. The second kappa shape index (κ2) is 8.96. The first-order valence-electron chi connectivity index (χ1n) is 8.08. The van der Waals surface area contributed by atoms with Crippen LogP contribution < -0.4 is 10.1 Å². The van der Waals surface area contributed by atoms with Gasteiger partial charge in [0, 0.05) is 17.3 Å². The first-order chi connectivity index (χ1) is 13.8. The highest BCUT2D eigenvalue weighted by atomic mass is 16.6. The van der Waals surface area contributed by atoms with Gasteiger partial charge in [-0.05, 0) is 37.3 Å². The minimum absolute atomic E-state index is 0.342. The molecule has 11 nitrogen and oxygen atoms in total. The highest BCUT2D eigenvalue weighted by molar-refractivity contribution is 6.10. The van der Waals surface area contributed by atoms with Gasteiger partial charge < -0.3 is 15.2 Å². The number of nitrogens with one attached hydrogen (secondary N) is 1. The van der Waals surface area contributed by atoms with E-state index in [-0.39, 0.29) is 0 Å². The number of hydrogen-bond donors (Lipinski definition) is 2. The first kappa shape index (κ1) is 20.8. The predicted octanol–water partition coefficient (Wildman–Crippen LogP) is 3.15. The molecule has 0 fully saturated rings. The van der Waals surface area contributed by atoms with Crippen molar-refractivity contribution in [3.8, 4) is 17.6 Å². The third-order valence-corrected chi connectivity index (χ3v) is 3.60. The lowest BCUT2D eigenvalue weighted by Crippen LogP contribution is -2.13. The third-order valence-electron chi connectivity index (χ3n) is 3.60. The molecule has 2 rings (SSSR count). The second-order valence-electron chi connectivity index (χ2n) is 5.50. The number of amides is 1. The van der Waals surface area contributed by atoms with Gasteiger partial charge in [0.2, 0.25) is 5.75 Å². The van der Waals surface area contributed by atoms with Crippen molar-refractivity contribution in [1.82, 2.24) is 0 Å². The van der Waals surface area contributed by atoms with Crippen LogP contribution in [-0.2, 0) is 4.79 Å². The quantitative estimate of drug-likeness (QED) is 0.310. The van der Waals surface area contributed by atoms with Gasteiger partial charge in [0.25, 0.3) is 11.6 Å². The number of ether oxygens (including phenoxy) is 1. The van der Waals surface area contributed by atoms with Crippen LogP contribution in [-0.4, -0.2) is 27.5 Å². The Balaban J connectivity index is 2.37. The molecule has 0 aliphatic rings. The van der Waals surface area contributed by atoms with Crippen LogP contribution >= 0.6 is 0 Å². The Morgan fingerprint density at radius 2 is 1.90 bits per heavy atom. The average Bonchev–Trinajstić information content (AvgIpc) is 2.68. The first-order valence-corrected chi connectivity index (χ1v) is 8.08. The molecular weight excluding hydrogens is 384 g/mol. The molecule has 2 N–H and O–H groups in total. The van der Waals surface area contributed by atoms with Gasteiger partial charge in [-0.3, -0.25) is 25.0 Å². The normalized spacial score (nSPS) is 10.7. The molecule has 29 heavy (non-hydrogen) atoms. The summed E-state index contributed by atoms with van der Waals surface area (Å²) in [6.07, 6.45) is 0.833.